The quantitative estimate of drug-likeness (QED) is 0.599. The van der Waals surface area contributed by atoms with E-state index in [2.05, 4.69) is 19.2 Å². The molecule has 0 radical (unpaired) electrons. The fourth-order valence-corrected chi connectivity index (χ4v) is 1.05. The Morgan fingerprint density at radius 3 is 2.11 bits per heavy atom. The smallest absolute Gasteiger partial charge is 0.00493 e. The van der Waals surface area contributed by atoms with Gasteiger partial charge in [-0.05, 0) is 25.9 Å². The average Bonchev–Trinajstić information content (AvgIpc) is 1.91. The lowest BCUT2D eigenvalue weighted by molar-refractivity contribution is 0.448. The first-order valence-electron chi connectivity index (χ1n) is 3.99. The Kier molecular flexibility index (Phi) is 6.06. The Balaban J connectivity index is 3.09. The molecule has 56 valence electrons. The van der Waals surface area contributed by atoms with E-state index in [0.717, 1.165) is 5.92 Å². The highest BCUT2D eigenvalue weighted by atomic mass is 14.8. The van der Waals surface area contributed by atoms with Crippen molar-refractivity contribution in [3.8, 4) is 0 Å². The van der Waals surface area contributed by atoms with E-state index in [9.17, 15) is 0 Å². The molecule has 0 saturated carbocycles. The van der Waals surface area contributed by atoms with Gasteiger partial charge in [-0.25, -0.2) is 0 Å². The van der Waals surface area contributed by atoms with Crippen LogP contribution in [0.3, 0.4) is 0 Å². The van der Waals surface area contributed by atoms with Crippen LogP contribution in [0.25, 0.3) is 0 Å². The van der Waals surface area contributed by atoms with Gasteiger partial charge in [0.2, 0.25) is 0 Å². The minimum absolute atomic E-state index is 0.942. The number of rotatable bonds is 5. The lowest BCUT2D eigenvalue weighted by Crippen LogP contribution is -2.12. The first kappa shape index (κ1) is 8.96. The maximum absolute atomic E-state index is 3.17. The molecule has 0 rings (SSSR count). The summed E-state index contributed by atoms with van der Waals surface area (Å²) in [5.74, 6) is 0.942. The molecule has 0 aliphatic rings. The molecule has 0 unspecified atom stereocenters. The molecule has 1 nitrogen and oxygen atoms in total. The first-order chi connectivity index (χ1) is 4.35. The SMILES string of the molecule is CCC(CC)CCNC. The molecule has 0 spiro atoms. The molecule has 0 heterocycles. The maximum atomic E-state index is 3.17. The van der Waals surface area contributed by atoms with Crippen LogP contribution in [-0.2, 0) is 0 Å². The molecule has 9 heavy (non-hydrogen) atoms. The molecular formula is C8H19N. The van der Waals surface area contributed by atoms with Crippen molar-refractivity contribution < 1.29 is 0 Å². The number of hydrogen-bond donors (Lipinski definition) is 1. The minimum Gasteiger partial charge on any atom is -0.320 e. The highest BCUT2D eigenvalue weighted by molar-refractivity contribution is 4.55. The Hall–Kier alpha value is -0.0400. The molecule has 0 amide bonds. The van der Waals surface area contributed by atoms with Crippen LogP contribution in [0.2, 0.25) is 0 Å². The summed E-state index contributed by atoms with van der Waals surface area (Å²) in [4.78, 5) is 0. The van der Waals surface area contributed by atoms with Crippen molar-refractivity contribution in [2.45, 2.75) is 33.1 Å². The lowest BCUT2D eigenvalue weighted by atomic mass is 10.00. The molecule has 1 heteroatoms. The predicted octanol–water partition coefficient (Wildman–Crippen LogP) is 2.03. The van der Waals surface area contributed by atoms with E-state index in [1.165, 1.54) is 25.8 Å². The van der Waals surface area contributed by atoms with E-state index in [4.69, 9.17) is 0 Å². The Labute approximate surface area is 58.8 Å². The van der Waals surface area contributed by atoms with Crippen LogP contribution in [0.15, 0.2) is 0 Å². The molecule has 0 fully saturated rings. The molecule has 0 saturated heterocycles. The van der Waals surface area contributed by atoms with Gasteiger partial charge in [-0.1, -0.05) is 26.7 Å². The fraction of sp³-hybridized carbons (Fsp3) is 1.00. The van der Waals surface area contributed by atoms with Gasteiger partial charge in [0.25, 0.3) is 0 Å². The largest absolute Gasteiger partial charge is 0.320 e. The standard InChI is InChI=1S/C8H19N/c1-4-8(5-2)6-7-9-3/h8-9H,4-7H2,1-3H3. The molecule has 1 N–H and O–H groups in total. The van der Waals surface area contributed by atoms with Gasteiger partial charge in [-0.3, -0.25) is 0 Å². The van der Waals surface area contributed by atoms with Crippen LogP contribution in [0.5, 0.6) is 0 Å². The van der Waals surface area contributed by atoms with E-state index in [1.54, 1.807) is 0 Å². The van der Waals surface area contributed by atoms with E-state index in [-0.39, 0.29) is 0 Å². The fourth-order valence-electron chi connectivity index (χ4n) is 1.05. The third-order valence-corrected chi connectivity index (χ3v) is 1.96. The lowest BCUT2D eigenvalue weighted by Gasteiger charge is -2.10. The van der Waals surface area contributed by atoms with Crippen LogP contribution < -0.4 is 5.32 Å². The molecule has 0 atom stereocenters. The van der Waals surface area contributed by atoms with Crippen LogP contribution >= 0.6 is 0 Å². The van der Waals surface area contributed by atoms with Crippen molar-refractivity contribution in [1.82, 2.24) is 5.32 Å². The number of nitrogens with one attached hydrogen (secondary N) is 1. The van der Waals surface area contributed by atoms with Crippen molar-refractivity contribution in [3.05, 3.63) is 0 Å². The van der Waals surface area contributed by atoms with Gasteiger partial charge < -0.3 is 5.32 Å². The molecule has 0 aliphatic carbocycles. The van der Waals surface area contributed by atoms with Gasteiger partial charge >= 0.3 is 0 Å². The van der Waals surface area contributed by atoms with Gasteiger partial charge in [-0.15, -0.1) is 0 Å². The van der Waals surface area contributed by atoms with Crippen LogP contribution in [0.4, 0.5) is 0 Å². The molecule has 0 aromatic heterocycles. The summed E-state index contributed by atoms with van der Waals surface area (Å²) in [5, 5.41) is 3.17. The van der Waals surface area contributed by atoms with Crippen molar-refractivity contribution in [2.24, 2.45) is 5.92 Å². The first-order valence-corrected chi connectivity index (χ1v) is 3.99. The zero-order valence-electron chi connectivity index (χ0n) is 6.91. The van der Waals surface area contributed by atoms with Crippen molar-refractivity contribution in [2.75, 3.05) is 13.6 Å². The van der Waals surface area contributed by atoms with Crippen LogP contribution in [0.1, 0.15) is 33.1 Å². The van der Waals surface area contributed by atoms with E-state index >= 15 is 0 Å². The summed E-state index contributed by atoms with van der Waals surface area (Å²) in [6.07, 6.45) is 4.00. The summed E-state index contributed by atoms with van der Waals surface area (Å²) in [5.41, 5.74) is 0. The van der Waals surface area contributed by atoms with Gasteiger partial charge in [0.05, 0.1) is 0 Å². The van der Waals surface area contributed by atoms with Crippen LogP contribution in [0, 0.1) is 5.92 Å². The second kappa shape index (κ2) is 6.09. The molecule has 0 aromatic rings. The summed E-state index contributed by atoms with van der Waals surface area (Å²) in [7, 11) is 2.02. The molecular weight excluding hydrogens is 110 g/mol. The molecule has 0 aliphatic heterocycles. The highest BCUT2D eigenvalue weighted by Crippen LogP contribution is 2.10. The van der Waals surface area contributed by atoms with Gasteiger partial charge in [-0.2, -0.15) is 0 Å². The van der Waals surface area contributed by atoms with E-state index < -0.39 is 0 Å². The average molecular weight is 129 g/mol. The summed E-state index contributed by atoms with van der Waals surface area (Å²) < 4.78 is 0. The predicted molar refractivity (Wildman–Crippen MR) is 42.6 cm³/mol. The van der Waals surface area contributed by atoms with E-state index in [0.29, 0.717) is 0 Å². The van der Waals surface area contributed by atoms with Crippen molar-refractivity contribution >= 4 is 0 Å². The van der Waals surface area contributed by atoms with Gasteiger partial charge in [0.1, 0.15) is 0 Å². The van der Waals surface area contributed by atoms with Crippen molar-refractivity contribution in [3.63, 3.8) is 0 Å². The van der Waals surface area contributed by atoms with Crippen molar-refractivity contribution in [1.29, 1.82) is 0 Å². The second-order valence-corrected chi connectivity index (χ2v) is 2.57. The third kappa shape index (κ3) is 4.46. The zero-order chi connectivity index (χ0) is 7.11. The molecule has 0 aromatic carbocycles. The Bertz CT molecular complexity index is 48.5. The molecule has 0 bridgehead atoms. The third-order valence-electron chi connectivity index (χ3n) is 1.96. The monoisotopic (exact) mass is 129 g/mol. The Morgan fingerprint density at radius 2 is 1.78 bits per heavy atom. The maximum Gasteiger partial charge on any atom is -0.00493 e. The zero-order valence-corrected chi connectivity index (χ0v) is 6.91. The Morgan fingerprint density at radius 1 is 1.22 bits per heavy atom. The summed E-state index contributed by atoms with van der Waals surface area (Å²) >= 11 is 0. The number of hydrogen-bond acceptors (Lipinski definition) is 1. The van der Waals surface area contributed by atoms with Gasteiger partial charge in [0, 0.05) is 0 Å². The van der Waals surface area contributed by atoms with Crippen LogP contribution in [-0.4, -0.2) is 13.6 Å². The normalized spacial score (nSPS) is 10.7. The van der Waals surface area contributed by atoms with Gasteiger partial charge in [0.15, 0.2) is 0 Å². The summed E-state index contributed by atoms with van der Waals surface area (Å²) in [6.45, 7) is 5.71. The second-order valence-electron chi connectivity index (χ2n) is 2.57. The highest BCUT2D eigenvalue weighted by Gasteiger charge is 2.00. The summed E-state index contributed by atoms with van der Waals surface area (Å²) in [6, 6.07) is 0. The topological polar surface area (TPSA) is 12.0 Å². The van der Waals surface area contributed by atoms with E-state index in [1.807, 2.05) is 7.05 Å². The minimum atomic E-state index is 0.942.